The van der Waals surface area contributed by atoms with Crippen molar-refractivity contribution in [2.45, 2.75) is 77.5 Å². The first kappa shape index (κ1) is 33.4. The second-order valence-electron chi connectivity index (χ2n) is 11.1. The number of fused-ring (bicyclic) bond motifs is 2. The van der Waals surface area contributed by atoms with E-state index in [1.165, 1.54) is 12.1 Å². The maximum Gasteiger partial charge on any atom is 0.222 e. The summed E-state index contributed by atoms with van der Waals surface area (Å²) in [6, 6.07) is 5.87. The van der Waals surface area contributed by atoms with Gasteiger partial charge in [0, 0.05) is 70.5 Å². The number of aliphatic hydroxyl groups is 1. The van der Waals surface area contributed by atoms with E-state index in [-0.39, 0.29) is 43.5 Å². The van der Waals surface area contributed by atoms with Crippen LogP contribution in [0.3, 0.4) is 0 Å². The van der Waals surface area contributed by atoms with E-state index in [9.17, 15) is 19.1 Å². The minimum Gasteiger partial charge on any atom is -0.493 e. The number of hydrogen-bond acceptors (Lipinski definition) is 7. The topological polar surface area (TPSA) is 113 Å². The van der Waals surface area contributed by atoms with Gasteiger partial charge in [0.25, 0.3) is 0 Å². The van der Waals surface area contributed by atoms with Crippen molar-refractivity contribution in [2.75, 3.05) is 40.0 Å². The highest BCUT2D eigenvalue weighted by Crippen LogP contribution is 2.21. The van der Waals surface area contributed by atoms with Crippen molar-refractivity contribution >= 4 is 11.8 Å². The molecule has 1 aromatic heterocycles. The molecule has 1 aromatic carbocycles. The number of methoxy groups -OCH3 is 1. The lowest BCUT2D eigenvalue weighted by Gasteiger charge is -2.25. The van der Waals surface area contributed by atoms with Crippen LogP contribution in [0.25, 0.3) is 0 Å². The second kappa shape index (κ2) is 17.8. The van der Waals surface area contributed by atoms with Gasteiger partial charge in [0.05, 0.1) is 25.4 Å². The molecule has 2 heterocycles. The zero-order valence-corrected chi connectivity index (χ0v) is 25.2. The maximum absolute atomic E-state index is 14.7. The summed E-state index contributed by atoms with van der Waals surface area (Å²) >= 11 is 0. The van der Waals surface area contributed by atoms with Gasteiger partial charge in [0.2, 0.25) is 11.8 Å². The van der Waals surface area contributed by atoms with Crippen molar-refractivity contribution in [2.24, 2.45) is 5.92 Å². The monoisotopic (exact) mass is 586 g/mol. The number of rotatable bonds is 10. The fraction of sp³-hybridized carbons (Fsp3) is 0.594. The molecule has 0 aliphatic carbocycles. The number of nitrogens with zero attached hydrogens (tertiary/aromatic N) is 2. The van der Waals surface area contributed by atoms with E-state index in [0.717, 1.165) is 24.0 Å². The molecule has 1 aliphatic heterocycles. The molecule has 3 atom stereocenters. The van der Waals surface area contributed by atoms with Gasteiger partial charge in [-0.25, -0.2) is 4.39 Å². The first-order valence-electron chi connectivity index (χ1n) is 15.1. The largest absolute Gasteiger partial charge is 0.493 e. The van der Waals surface area contributed by atoms with Gasteiger partial charge in [0.15, 0.2) is 0 Å². The summed E-state index contributed by atoms with van der Waals surface area (Å²) in [5.41, 5.74) is 2.73. The van der Waals surface area contributed by atoms with Crippen LogP contribution in [0.15, 0.2) is 36.7 Å². The molecule has 3 N–H and O–H groups in total. The van der Waals surface area contributed by atoms with Crippen LogP contribution in [-0.4, -0.2) is 78.9 Å². The Morgan fingerprint density at radius 3 is 2.76 bits per heavy atom. The van der Waals surface area contributed by atoms with Gasteiger partial charge in [-0.05, 0) is 60.9 Å². The fourth-order valence-electron chi connectivity index (χ4n) is 5.17. The van der Waals surface area contributed by atoms with Crippen molar-refractivity contribution in [3.8, 4) is 5.75 Å². The Labute approximate surface area is 249 Å². The molecule has 2 bridgehead atoms. The zero-order chi connectivity index (χ0) is 30.3. The highest BCUT2D eigenvalue weighted by molar-refractivity contribution is 5.79. The van der Waals surface area contributed by atoms with Gasteiger partial charge >= 0.3 is 0 Å². The van der Waals surface area contributed by atoms with Crippen molar-refractivity contribution in [1.29, 1.82) is 0 Å². The third kappa shape index (κ3) is 11.3. The van der Waals surface area contributed by atoms with Crippen LogP contribution >= 0.6 is 0 Å². The Balaban J connectivity index is 1.77. The summed E-state index contributed by atoms with van der Waals surface area (Å²) in [6.07, 6.45) is 6.10. The van der Waals surface area contributed by atoms with Crippen LogP contribution in [0.2, 0.25) is 0 Å². The summed E-state index contributed by atoms with van der Waals surface area (Å²) in [7, 11) is 1.63. The van der Waals surface area contributed by atoms with Crippen molar-refractivity contribution in [3.05, 3.63) is 59.2 Å². The van der Waals surface area contributed by atoms with E-state index in [0.29, 0.717) is 57.0 Å². The lowest BCUT2D eigenvalue weighted by Crippen LogP contribution is -2.48. The molecule has 9 nitrogen and oxygen atoms in total. The van der Waals surface area contributed by atoms with Crippen LogP contribution < -0.4 is 15.4 Å². The molecular weight excluding hydrogens is 539 g/mol. The molecular formula is C32H47FN4O5. The molecule has 1 aliphatic rings. The molecule has 3 rings (SSSR count). The van der Waals surface area contributed by atoms with Gasteiger partial charge in [-0.2, -0.15) is 0 Å². The number of aryl methyl sites for hydroxylation is 1. The Bertz CT molecular complexity index is 1130. The van der Waals surface area contributed by atoms with Gasteiger partial charge < -0.3 is 30.1 Å². The molecule has 0 radical (unpaired) electrons. The number of aliphatic hydroxyl groups excluding tert-OH is 1. The second-order valence-corrected chi connectivity index (χ2v) is 11.1. The van der Waals surface area contributed by atoms with Crippen LogP contribution in [0.4, 0.5) is 4.39 Å². The van der Waals surface area contributed by atoms with Crippen molar-refractivity contribution in [1.82, 2.24) is 20.5 Å². The summed E-state index contributed by atoms with van der Waals surface area (Å²) < 4.78 is 26.0. The van der Waals surface area contributed by atoms with Crippen molar-refractivity contribution in [3.63, 3.8) is 0 Å². The predicted octanol–water partition coefficient (Wildman–Crippen LogP) is 3.42. The minimum atomic E-state index is -0.946. The number of amides is 2. The molecule has 2 amide bonds. The van der Waals surface area contributed by atoms with Crippen LogP contribution in [0.5, 0.6) is 5.75 Å². The molecule has 0 saturated carbocycles. The van der Waals surface area contributed by atoms with Gasteiger partial charge in [-0.3, -0.25) is 14.6 Å². The van der Waals surface area contributed by atoms with Crippen LogP contribution in [-0.2, 0) is 33.7 Å². The van der Waals surface area contributed by atoms with E-state index in [1.54, 1.807) is 19.4 Å². The van der Waals surface area contributed by atoms with E-state index in [2.05, 4.69) is 28.6 Å². The SMILES string of the molecule is CCCN1CCC(COC)COc2cc(F)cc(c2)CC(C(O)CNCc2cncc(CC)c2)NC(=O)CCCC1=O. The van der Waals surface area contributed by atoms with E-state index in [4.69, 9.17) is 9.47 Å². The molecule has 10 heteroatoms. The van der Waals surface area contributed by atoms with Gasteiger partial charge in [-0.1, -0.05) is 19.9 Å². The third-order valence-corrected chi connectivity index (χ3v) is 7.48. The zero-order valence-electron chi connectivity index (χ0n) is 25.2. The molecule has 3 unspecified atom stereocenters. The summed E-state index contributed by atoms with van der Waals surface area (Å²) in [5, 5.41) is 17.3. The van der Waals surface area contributed by atoms with Crippen LogP contribution in [0, 0.1) is 11.7 Å². The molecule has 0 saturated heterocycles. The minimum absolute atomic E-state index is 0.0154. The summed E-state index contributed by atoms with van der Waals surface area (Å²) in [4.78, 5) is 32.0. The standard InChI is InChI=1S/C32H47FN4O5/c1-4-10-37-11-9-24(21-41-3)22-42-28-14-25(13-27(33)16-28)15-29(36-31(39)7-6-8-32(37)40)30(38)20-35-19-26-12-23(5-2)17-34-18-26/h12-14,16-18,24,29-30,35,38H,4-11,15,19-22H2,1-3H3,(H,36,39). The Morgan fingerprint density at radius 1 is 1.19 bits per heavy atom. The summed E-state index contributed by atoms with van der Waals surface area (Å²) in [6.45, 7) is 6.78. The number of carbonyl (C=O) groups is 2. The number of halogens is 1. The van der Waals surface area contributed by atoms with Crippen molar-refractivity contribution < 1.29 is 28.6 Å². The first-order valence-corrected chi connectivity index (χ1v) is 15.1. The Kier molecular flexibility index (Phi) is 14.1. The number of pyridine rings is 1. The van der Waals surface area contributed by atoms with Gasteiger partial charge in [-0.15, -0.1) is 0 Å². The number of ether oxygens (including phenoxy) is 2. The number of hydrogen-bond donors (Lipinski definition) is 3. The molecule has 0 fully saturated rings. The fourth-order valence-corrected chi connectivity index (χ4v) is 5.17. The normalized spacial score (nSPS) is 20.0. The maximum atomic E-state index is 14.7. The number of aromatic nitrogens is 1. The third-order valence-electron chi connectivity index (χ3n) is 7.48. The predicted molar refractivity (Wildman–Crippen MR) is 160 cm³/mol. The van der Waals surface area contributed by atoms with E-state index < -0.39 is 18.0 Å². The van der Waals surface area contributed by atoms with Gasteiger partial charge in [0.1, 0.15) is 11.6 Å². The smallest absolute Gasteiger partial charge is 0.222 e. The number of carbonyl (C=O) groups excluding carboxylic acids is 2. The quantitative estimate of drug-likeness (QED) is 0.391. The summed E-state index contributed by atoms with van der Waals surface area (Å²) in [5.74, 6) is -0.308. The molecule has 0 spiro atoms. The lowest BCUT2D eigenvalue weighted by molar-refractivity contribution is -0.131. The Morgan fingerprint density at radius 2 is 2.00 bits per heavy atom. The molecule has 42 heavy (non-hydrogen) atoms. The molecule has 2 aromatic rings. The highest BCUT2D eigenvalue weighted by atomic mass is 19.1. The average molecular weight is 587 g/mol. The molecule has 232 valence electrons. The van der Waals surface area contributed by atoms with E-state index in [1.807, 2.05) is 18.0 Å². The Hall–Kier alpha value is -3.08. The van der Waals surface area contributed by atoms with Crippen LogP contribution in [0.1, 0.15) is 62.6 Å². The van der Waals surface area contributed by atoms with E-state index >= 15 is 0 Å². The highest BCUT2D eigenvalue weighted by Gasteiger charge is 2.24. The lowest BCUT2D eigenvalue weighted by atomic mass is 10.00. The number of benzene rings is 1. The average Bonchev–Trinajstić information content (AvgIpc) is 2.96. The first-order chi connectivity index (χ1) is 20.3. The number of nitrogens with one attached hydrogen (secondary N) is 2.